The number of para-hydroxylation sites is 1. The van der Waals surface area contributed by atoms with Crippen LogP contribution in [0.5, 0.6) is 0 Å². The number of imidazole rings is 1. The summed E-state index contributed by atoms with van der Waals surface area (Å²) in [6.07, 6.45) is 0. The lowest BCUT2D eigenvalue weighted by atomic mass is 9.39. The van der Waals surface area contributed by atoms with E-state index in [1.165, 1.54) is 44.6 Å². The summed E-state index contributed by atoms with van der Waals surface area (Å²) in [7, 11) is 0. The molecule has 0 aliphatic carbocycles. The Hall–Kier alpha value is -7.31. The summed E-state index contributed by atoms with van der Waals surface area (Å²) < 4.78 is 2.44. The largest absolute Gasteiger partial charge is 0.311 e. The summed E-state index contributed by atoms with van der Waals surface area (Å²) >= 11 is 0. The Balaban J connectivity index is 1.08. The van der Waals surface area contributed by atoms with E-state index in [1.807, 2.05) is 0 Å². The first-order valence-electron chi connectivity index (χ1n) is 25.4. The minimum absolute atomic E-state index is 0.0431. The van der Waals surface area contributed by atoms with Gasteiger partial charge >= 0.3 is 0 Å². The van der Waals surface area contributed by atoms with Crippen molar-refractivity contribution in [2.75, 3.05) is 14.7 Å². The number of rotatable bonds is 7. The number of hydrogen-bond acceptors (Lipinski definition) is 4. The second kappa shape index (κ2) is 16.7. The molecule has 0 saturated carbocycles. The van der Waals surface area contributed by atoms with E-state index in [0.29, 0.717) is 0 Å². The zero-order valence-corrected chi connectivity index (χ0v) is 43.6. The molecule has 0 saturated heterocycles. The van der Waals surface area contributed by atoms with Crippen LogP contribution in [0.4, 0.5) is 51.2 Å². The third-order valence-electron chi connectivity index (χ3n) is 14.8. The average Bonchev–Trinajstić information content (AvgIpc) is 3.87. The summed E-state index contributed by atoms with van der Waals surface area (Å²) in [6.45, 7) is 27.2. The van der Waals surface area contributed by atoms with Crippen LogP contribution in [-0.4, -0.2) is 16.3 Å². The first-order chi connectivity index (χ1) is 33.7. The number of anilines is 9. The van der Waals surface area contributed by atoms with Crippen molar-refractivity contribution in [1.29, 1.82) is 0 Å². The molecule has 0 bridgehead atoms. The van der Waals surface area contributed by atoms with Gasteiger partial charge in [0.2, 0.25) is 0 Å². The van der Waals surface area contributed by atoms with Crippen molar-refractivity contribution in [1.82, 2.24) is 9.55 Å². The van der Waals surface area contributed by atoms with Crippen LogP contribution in [0.1, 0.15) is 105 Å². The molecule has 0 atom stereocenters. The van der Waals surface area contributed by atoms with E-state index >= 15 is 0 Å². The zero-order chi connectivity index (χ0) is 49.8. The molecule has 2 aliphatic heterocycles. The topological polar surface area (TPSA) is 27.5 Å². The normalized spacial score (nSPS) is 13.3. The van der Waals surface area contributed by atoms with Crippen molar-refractivity contribution in [3.8, 4) is 5.69 Å². The number of benzene rings is 8. The first-order valence-corrected chi connectivity index (χ1v) is 25.4. The van der Waals surface area contributed by atoms with E-state index in [-0.39, 0.29) is 28.4 Å². The highest BCUT2D eigenvalue weighted by molar-refractivity contribution is 6.99. The fraction of sp³-hybridized carbons (Fsp3) is 0.246. The summed E-state index contributed by atoms with van der Waals surface area (Å²) in [4.78, 5) is 12.9. The minimum Gasteiger partial charge on any atom is -0.311 e. The van der Waals surface area contributed by atoms with Crippen molar-refractivity contribution in [3.05, 3.63) is 204 Å². The van der Waals surface area contributed by atoms with Crippen molar-refractivity contribution >= 4 is 85.6 Å². The fourth-order valence-corrected chi connectivity index (χ4v) is 10.7. The van der Waals surface area contributed by atoms with Crippen LogP contribution < -0.4 is 31.3 Å². The summed E-state index contributed by atoms with van der Waals surface area (Å²) in [5.74, 6) is 0. The van der Waals surface area contributed by atoms with E-state index in [2.05, 4.69) is 284 Å². The molecule has 8 aromatic carbocycles. The van der Waals surface area contributed by atoms with Crippen molar-refractivity contribution in [2.45, 2.75) is 105 Å². The van der Waals surface area contributed by atoms with Crippen LogP contribution in [0.3, 0.4) is 0 Å². The third-order valence-corrected chi connectivity index (χ3v) is 14.8. The Morgan fingerprint density at radius 3 is 1.24 bits per heavy atom. The molecule has 0 amide bonds. The van der Waals surface area contributed by atoms with Crippen LogP contribution in [0.2, 0.25) is 0 Å². The molecule has 0 unspecified atom stereocenters. The Labute approximate surface area is 422 Å². The predicted molar refractivity (Wildman–Crippen MR) is 305 cm³/mol. The maximum atomic E-state index is 5.58. The van der Waals surface area contributed by atoms with Crippen molar-refractivity contribution < 1.29 is 0 Å². The Kier molecular flexibility index (Phi) is 10.8. The van der Waals surface area contributed by atoms with E-state index < -0.39 is 0 Å². The van der Waals surface area contributed by atoms with Crippen LogP contribution in [0.25, 0.3) is 16.7 Å². The lowest BCUT2D eigenvalue weighted by Crippen LogP contribution is -2.55. The van der Waals surface area contributed by atoms with Crippen LogP contribution in [0.15, 0.2) is 182 Å². The molecule has 354 valence electrons. The molecule has 0 spiro atoms. The molecular weight excluding hydrogens is 862 g/mol. The van der Waals surface area contributed by atoms with Gasteiger partial charge < -0.3 is 19.3 Å². The summed E-state index contributed by atoms with van der Waals surface area (Å²) in [5, 5.41) is 0. The highest BCUT2D eigenvalue weighted by Gasteiger charge is 2.45. The number of aromatic nitrogens is 2. The van der Waals surface area contributed by atoms with Gasteiger partial charge in [-0.25, -0.2) is 4.98 Å². The smallest absolute Gasteiger partial charge is 0.294 e. The third kappa shape index (κ3) is 8.12. The van der Waals surface area contributed by atoms with Gasteiger partial charge in [0.25, 0.3) is 6.71 Å². The SMILES string of the molecule is CC(C)(C)c1ccc(N(c2ccc(C(C)(C)C)cc2)c2ccc3c(c2)N(c2ccccc2)c2cccc4c2B3c2nc3ccc(N(c5ccc(C(C)(C)C)cc5)c5ccc(C(C)(C)C)cc5)cc3n2-4)cc1. The van der Waals surface area contributed by atoms with E-state index in [9.17, 15) is 0 Å². The summed E-state index contributed by atoms with van der Waals surface area (Å²) in [5.41, 5.74) is 22.3. The molecule has 11 rings (SSSR count). The Bertz CT molecular complexity index is 3320. The first kappa shape index (κ1) is 46.1. The van der Waals surface area contributed by atoms with Gasteiger partial charge in [-0.3, -0.25) is 0 Å². The standard InChI is InChI=1S/C65H66BN5/c1-62(2,3)43-21-29-48(30-22-43)68(49-31-23-44(24-32-49)63(4,5)6)52-37-39-54-58(41-52)70(47-17-14-13-15-18-47)56-19-16-20-57-60(56)66(54)61-67-55-40-38-53(42-59(55)71(57)61)69(50-33-25-45(26-34-50)64(7,8)9)51-35-27-46(28-36-51)65(10,11)12/h13-42H,1-12H3. The van der Waals surface area contributed by atoms with Gasteiger partial charge in [-0.1, -0.05) is 162 Å². The van der Waals surface area contributed by atoms with Gasteiger partial charge in [0.05, 0.1) is 16.8 Å². The lowest BCUT2D eigenvalue weighted by molar-refractivity contribution is 0.590. The van der Waals surface area contributed by atoms with Gasteiger partial charge in [0, 0.05) is 56.9 Å². The zero-order valence-electron chi connectivity index (χ0n) is 43.6. The number of nitrogens with zero attached hydrogens (tertiary/aromatic N) is 5. The highest BCUT2D eigenvalue weighted by Crippen LogP contribution is 2.45. The molecule has 3 heterocycles. The van der Waals surface area contributed by atoms with E-state index in [1.54, 1.807) is 0 Å². The van der Waals surface area contributed by atoms with Gasteiger partial charge in [-0.2, -0.15) is 0 Å². The molecular formula is C65H66BN5. The molecule has 1 aromatic heterocycles. The molecule has 5 nitrogen and oxygen atoms in total. The minimum atomic E-state index is -0.0716. The quantitative estimate of drug-likeness (QED) is 0.149. The molecule has 2 aliphatic rings. The second-order valence-electron chi connectivity index (χ2n) is 23.9. The highest BCUT2D eigenvalue weighted by atomic mass is 15.2. The molecule has 0 fully saturated rings. The molecule has 6 heteroatoms. The number of hydrogen-bond donors (Lipinski definition) is 0. The lowest BCUT2D eigenvalue weighted by Gasteiger charge is -2.36. The number of fused-ring (bicyclic) bond motifs is 7. The van der Waals surface area contributed by atoms with Crippen molar-refractivity contribution in [3.63, 3.8) is 0 Å². The van der Waals surface area contributed by atoms with E-state index in [4.69, 9.17) is 4.98 Å². The Morgan fingerprint density at radius 1 is 0.380 bits per heavy atom. The molecule has 0 N–H and O–H groups in total. The molecule has 9 aromatic rings. The predicted octanol–water partition coefficient (Wildman–Crippen LogP) is 15.8. The van der Waals surface area contributed by atoms with Crippen LogP contribution in [0, 0.1) is 0 Å². The molecule has 0 radical (unpaired) electrons. The van der Waals surface area contributed by atoms with Gasteiger partial charge in [0.1, 0.15) is 0 Å². The summed E-state index contributed by atoms with van der Waals surface area (Å²) in [6, 6.07) is 68.1. The fourth-order valence-electron chi connectivity index (χ4n) is 10.7. The monoisotopic (exact) mass is 928 g/mol. The van der Waals surface area contributed by atoms with Gasteiger partial charge in [-0.05, 0) is 158 Å². The van der Waals surface area contributed by atoms with Crippen LogP contribution in [-0.2, 0) is 21.7 Å². The van der Waals surface area contributed by atoms with Crippen LogP contribution >= 0.6 is 0 Å². The molecule has 71 heavy (non-hydrogen) atoms. The average molecular weight is 928 g/mol. The maximum absolute atomic E-state index is 5.58. The van der Waals surface area contributed by atoms with E-state index in [0.717, 1.165) is 62.3 Å². The Morgan fingerprint density at radius 2 is 0.789 bits per heavy atom. The van der Waals surface area contributed by atoms with Crippen molar-refractivity contribution in [2.24, 2.45) is 0 Å². The second-order valence-corrected chi connectivity index (χ2v) is 23.9. The van der Waals surface area contributed by atoms with Gasteiger partial charge in [-0.15, -0.1) is 0 Å². The van der Waals surface area contributed by atoms with Gasteiger partial charge in [0.15, 0.2) is 0 Å². The maximum Gasteiger partial charge on any atom is 0.294 e.